The molecule has 21 heavy (non-hydrogen) atoms. The molecule has 0 aromatic heterocycles. The summed E-state index contributed by atoms with van der Waals surface area (Å²) in [7, 11) is 3.14. The summed E-state index contributed by atoms with van der Waals surface area (Å²) in [4.78, 5) is 0. The highest BCUT2D eigenvalue weighted by molar-refractivity contribution is 14.1. The molecular weight excluding hydrogens is 468 g/mol. The third-order valence-corrected chi connectivity index (χ3v) is 4.98. The van der Waals surface area contributed by atoms with E-state index in [0.29, 0.717) is 16.5 Å². The number of halogens is 3. The van der Waals surface area contributed by atoms with Crippen LogP contribution in [-0.2, 0) is 0 Å². The van der Waals surface area contributed by atoms with E-state index in [9.17, 15) is 0 Å². The lowest BCUT2D eigenvalue weighted by molar-refractivity contribution is 0.390. The number of ether oxygens (including phenoxy) is 2. The molecule has 2 rings (SSSR count). The number of methoxy groups -OCH3 is 2. The molecule has 2 aromatic rings. The Morgan fingerprint density at radius 1 is 1.14 bits per heavy atom. The van der Waals surface area contributed by atoms with Crippen molar-refractivity contribution in [3.63, 3.8) is 0 Å². The van der Waals surface area contributed by atoms with E-state index in [-0.39, 0.29) is 6.04 Å². The number of hydrogen-bond donors (Lipinski definition) is 1. The topological polar surface area (TPSA) is 44.5 Å². The second kappa shape index (κ2) is 7.17. The van der Waals surface area contributed by atoms with Gasteiger partial charge < -0.3 is 15.2 Å². The predicted octanol–water partition coefficient (Wildman–Crippen LogP) is 4.77. The van der Waals surface area contributed by atoms with Gasteiger partial charge in [0.15, 0.2) is 0 Å². The zero-order chi connectivity index (χ0) is 15.6. The summed E-state index contributed by atoms with van der Waals surface area (Å²) in [6.07, 6.45) is 0. The molecule has 0 radical (unpaired) electrons. The maximum Gasteiger partial charge on any atom is 0.146 e. The molecule has 0 fully saturated rings. The fourth-order valence-corrected chi connectivity index (χ4v) is 3.46. The van der Waals surface area contributed by atoms with Crippen molar-refractivity contribution in [2.75, 3.05) is 14.2 Å². The van der Waals surface area contributed by atoms with Crippen molar-refractivity contribution in [1.82, 2.24) is 0 Å². The summed E-state index contributed by atoms with van der Waals surface area (Å²) < 4.78 is 12.7. The molecule has 0 saturated carbocycles. The largest absolute Gasteiger partial charge is 0.495 e. The van der Waals surface area contributed by atoms with Crippen LogP contribution < -0.4 is 15.2 Å². The monoisotopic (exact) mass is 481 g/mol. The molecule has 6 heteroatoms. The molecule has 2 N–H and O–H groups in total. The van der Waals surface area contributed by atoms with Crippen LogP contribution in [0, 0.1) is 3.57 Å². The Morgan fingerprint density at radius 3 is 2.48 bits per heavy atom. The first-order valence-electron chi connectivity index (χ1n) is 6.10. The summed E-state index contributed by atoms with van der Waals surface area (Å²) in [5.41, 5.74) is 8.24. The Hall–Kier alpha value is -0.500. The van der Waals surface area contributed by atoms with Crippen molar-refractivity contribution in [3.05, 3.63) is 54.5 Å². The summed E-state index contributed by atoms with van der Waals surface area (Å²) in [6.45, 7) is 0. The Bertz CT molecular complexity index is 666. The average molecular weight is 483 g/mol. The predicted molar refractivity (Wildman–Crippen MR) is 97.4 cm³/mol. The van der Waals surface area contributed by atoms with Crippen LogP contribution >= 0.6 is 50.1 Å². The molecule has 0 aliphatic heterocycles. The summed E-state index contributed by atoms with van der Waals surface area (Å²) in [5, 5.41) is 0.429. The van der Waals surface area contributed by atoms with E-state index >= 15 is 0 Å². The maximum absolute atomic E-state index is 6.42. The smallest absolute Gasteiger partial charge is 0.146 e. The molecule has 0 spiro atoms. The van der Waals surface area contributed by atoms with Gasteiger partial charge in [0.05, 0.1) is 20.3 Å². The van der Waals surface area contributed by atoms with Crippen LogP contribution in [0.3, 0.4) is 0 Å². The van der Waals surface area contributed by atoms with Crippen LogP contribution in [0.4, 0.5) is 0 Å². The van der Waals surface area contributed by atoms with Gasteiger partial charge in [-0.2, -0.15) is 0 Å². The van der Waals surface area contributed by atoms with E-state index in [1.54, 1.807) is 20.3 Å². The van der Waals surface area contributed by atoms with Crippen LogP contribution in [0.25, 0.3) is 0 Å². The van der Waals surface area contributed by atoms with Crippen molar-refractivity contribution in [2.24, 2.45) is 5.73 Å². The molecule has 0 saturated heterocycles. The summed E-state index contributed by atoms with van der Waals surface area (Å²) >= 11 is 12.0. The number of benzene rings is 2. The second-order valence-electron chi connectivity index (χ2n) is 4.35. The minimum Gasteiger partial charge on any atom is -0.495 e. The van der Waals surface area contributed by atoms with Gasteiger partial charge in [0, 0.05) is 13.6 Å². The van der Waals surface area contributed by atoms with E-state index in [2.05, 4.69) is 38.5 Å². The van der Waals surface area contributed by atoms with Crippen LogP contribution in [0.5, 0.6) is 11.5 Å². The molecule has 0 aliphatic carbocycles. The molecule has 1 unspecified atom stereocenters. The van der Waals surface area contributed by atoms with Gasteiger partial charge in [0.2, 0.25) is 0 Å². The lowest BCUT2D eigenvalue weighted by atomic mass is 9.98. The Morgan fingerprint density at radius 2 is 1.86 bits per heavy atom. The minimum absolute atomic E-state index is 0.340. The first-order valence-corrected chi connectivity index (χ1v) is 8.35. The van der Waals surface area contributed by atoms with Crippen molar-refractivity contribution < 1.29 is 9.47 Å². The second-order valence-corrected chi connectivity index (χ2v) is 6.80. The fourth-order valence-electron chi connectivity index (χ4n) is 2.08. The highest BCUT2D eigenvalue weighted by atomic mass is 127. The number of hydrogen-bond acceptors (Lipinski definition) is 3. The fraction of sp³-hybridized carbons (Fsp3) is 0.200. The quantitative estimate of drug-likeness (QED) is 0.639. The minimum atomic E-state index is -0.340. The first-order chi connectivity index (χ1) is 9.99. The number of rotatable bonds is 4. The van der Waals surface area contributed by atoms with Crippen LogP contribution in [0.1, 0.15) is 17.2 Å². The maximum atomic E-state index is 6.42. The third-order valence-electron chi connectivity index (χ3n) is 3.14. The third kappa shape index (κ3) is 3.47. The molecule has 1 atom stereocenters. The lowest BCUT2D eigenvalue weighted by Gasteiger charge is -2.19. The molecule has 2 aromatic carbocycles. The molecule has 0 aliphatic rings. The number of nitrogens with two attached hydrogens (primary N) is 1. The molecule has 0 heterocycles. The van der Waals surface area contributed by atoms with Crippen molar-refractivity contribution in [3.8, 4) is 11.5 Å². The first kappa shape index (κ1) is 16.9. The van der Waals surface area contributed by atoms with E-state index in [0.717, 1.165) is 19.2 Å². The molecule has 112 valence electrons. The van der Waals surface area contributed by atoms with Crippen molar-refractivity contribution in [2.45, 2.75) is 6.04 Å². The van der Waals surface area contributed by atoms with Crippen LogP contribution in [0.15, 0.2) is 34.8 Å². The molecule has 0 bridgehead atoms. The Balaban J connectivity index is 2.55. The standard InChI is InChI=1S/C15H14BrClINO2/c1-20-12-6-4-9(15(21-2)13(12)17)14(19)10-7-8(16)3-5-11(10)18/h3-7,14H,19H2,1-2H3. The van der Waals surface area contributed by atoms with Gasteiger partial charge in [0.25, 0.3) is 0 Å². The van der Waals surface area contributed by atoms with E-state index in [4.69, 9.17) is 26.8 Å². The molecule has 0 amide bonds. The van der Waals surface area contributed by atoms with Gasteiger partial charge in [-0.3, -0.25) is 0 Å². The summed E-state index contributed by atoms with van der Waals surface area (Å²) in [6, 6.07) is 9.33. The van der Waals surface area contributed by atoms with Crippen molar-refractivity contribution >= 4 is 50.1 Å². The van der Waals surface area contributed by atoms with E-state index in [1.807, 2.05) is 24.3 Å². The van der Waals surface area contributed by atoms with Gasteiger partial charge >= 0.3 is 0 Å². The SMILES string of the molecule is COc1ccc(C(N)c2cc(Br)ccc2I)c(OC)c1Cl. The van der Waals surface area contributed by atoms with Crippen molar-refractivity contribution in [1.29, 1.82) is 0 Å². The highest BCUT2D eigenvalue weighted by Gasteiger charge is 2.21. The zero-order valence-electron chi connectivity index (χ0n) is 11.5. The van der Waals surface area contributed by atoms with Gasteiger partial charge in [0.1, 0.15) is 16.5 Å². The normalized spacial score (nSPS) is 12.1. The van der Waals surface area contributed by atoms with Gasteiger partial charge in [-0.15, -0.1) is 0 Å². The summed E-state index contributed by atoms with van der Waals surface area (Å²) in [5.74, 6) is 1.10. The molecular formula is C15H14BrClINO2. The van der Waals surface area contributed by atoms with Gasteiger partial charge in [-0.1, -0.05) is 27.5 Å². The zero-order valence-corrected chi connectivity index (χ0v) is 16.0. The Labute approximate surface area is 151 Å². The highest BCUT2D eigenvalue weighted by Crippen LogP contribution is 2.41. The van der Waals surface area contributed by atoms with Crippen LogP contribution in [0.2, 0.25) is 5.02 Å². The Kier molecular flexibility index (Phi) is 5.76. The van der Waals surface area contributed by atoms with Crippen LogP contribution in [-0.4, -0.2) is 14.2 Å². The average Bonchev–Trinajstić information content (AvgIpc) is 2.48. The van der Waals surface area contributed by atoms with E-state index < -0.39 is 0 Å². The van der Waals surface area contributed by atoms with Gasteiger partial charge in [-0.25, -0.2) is 0 Å². The lowest BCUT2D eigenvalue weighted by Crippen LogP contribution is -2.15. The van der Waals surface area contributed by atoms with Gasteiger partial charge in [-0.05, 0) is 58.5 Å². The molecule has 3 nitrogen and oxygen atoms in total. The van der Waals surface area contributed by atoms with E-state index in [1.165, 1.54) is 0 Å².